The van der Waals surface area contributed by atoms with Crippen LogP contribution in [0.4, 0.5) is 4.39 Å². The third kappa shape index (κ3) is 5.00. The average molecular weight is 308 g/mol. The summed E-state index contributed by atoms with van der Waals surface area (Å²) in [6.07, 6.45) is 2.37. The lowest BCUT2D eigenvalue weighted by Gasteiger charge is -2.30. The first-order valence-electron chi connectivity index (χ1n) is 8.48. The van der Waals surface area contributed by atoms with Gasteiger partial charge in [-0.25, -0.2) is 0 Å². The molecule has 0 aliphatic heterocycles. The van der Waals surface area contributed by atoms with E-state index in [1.165, 1.54) is 16.7 Å². The van der Waals surface area contributed by atoms with E-state index in [-0.39, 0.29) is 17.5 Å². The molecule has 0 aliphatic rings. The number of aryl methyl sites for hydroxylation is 1. The molecule has 1 nitrogen and oxygen atoms in total. The molecular formula is C20H33FO. The summed E-state index contributed by atoms with van der Waals surface area (Å²) in [5, 5.41) is 0. The first kappa shape index (κ1) is 19.0. The van der Waals surface area contributed by atoms with Crippen molar-refractivity contribution in [1.29, 1.82) is 0 Å². The van der Waals surface area contributed by atoms with Gasteiger partial charge in [-0.2, -0.15) is 0 Å². The van der Waals surface area contributed by atoms with Crippen molar-refractivity contribution in [2.75, 3.05) is 13.3 Å². The first-order valence-corrected chi connectivity index (χ1v) is 8.48. The summed E-state index contributed by atoms with van der Waals surface area (Å²) in [5.74, 6) is 1.03. The highest BCUT2D eigenvalue weighted by Crippen LogP contribution is 2.41. The number of rotatable bonds is 6. The fourth-order valence-corrected chi connectivity index (χ4v) is 2.58. The van der Waals surface area contributed by atoms with Crippen LogP contribution in [0.2, 0.25) is 0 Å². The Hall–Kier alpha value is -1.05. The number of benzene rings is 1. The number of halogens is 1. The van der Waals surface area contributed by atoms with E-state index < -0.39 is 0 Å². The quantitative estimate of drug-likeness (QED) is 0.629. The summed E-state index contributed by atoms with van der Waals surface area (Å²) in [6.45, 7) is 15.9. The molecule has 1 aromatic rings. The molecule has 0 bridgehead atoms. The van der Waals surface area contributed by atoms with Gasteiger partial charge in [-0.05, 0) is 35.7 Å². The van der Waals surface area contributed by atoms with Crippen molar-refractivity contribution in [2.45, 2.75) is 78.6 Å². The van der Waals surface area contributed by atoms with Crippen LogP contribution < -0.4 is 4.74 Å². The summed E-state index contributed by atoms with van der Waals surface area (Å²) in [5.41, 5.74) is 3.71. The van der Waals surface area contributed by atoms with Crippen molar-refractivity contribution >= 4 is 0 Å². The maximum absolute atomic E-state index is 12.6. The third-order valence-corrected chi connectivity index (χ3v) is 3.81. The zero-order valence-corrected chi connectivity index (χ0v) is 15.5. The number of ether oxygens (including phenoxy) is 1. The Morgan fingerprint density at radius 1 is 0.955 bits per heavy atom. The van der Waals surface area contributed by atoms with E-state index in [2.05, 4.69) is 60.6 Å². The molecule has 0 amide bonds. The van der Waals surface area contributed by atoms with Gasteiger partial charge >= 0.3 is 0 Å². The molecule has 0 saturated heterocycles. The van der Waals surface area contributed by atoms with Crippen LogP contribution in [0.1, 0.15) is 78.0 Å². The van der Waals surface area contributed by atoms with E-state index in [4.69, 9.17) is 4.74 Å². The normalized spacial score (nSPS) is 12.5. The Labute approximate surface area is 136 Å². The monoisotopic (exact) mass is 308 g/mol. The van der Waals surface area contributed by atoms with Crippen molar-refractivity contribution in [1.82, 2.24) is 0 Å². The van der Waals surface area contributed by atoms with E-state index in [0.717, 1.165) is 25.2 Å². The van der Waals surface area contributed by atoms with E-state index in [1.54, 1.807) is 0 Å². The van der Waals surface area contributed by atoms with Gasteiger partial charge in [0.25, 0.3) is 0 Å². The highest BCUT2D eigenvalue weighted by Gasteiger charge is 2.27. The second-order valence-electron chi connectivity index (χ2n) is 8.16. The molecule has 1 rings (SSSR count). The van der Waals surface area contributed by atoms with Crippen molar-refractivity contribution in [3.63, 3.8) is 0 Å². The predicted octanol–water partition coefficient (Wildman–Crippen LogP) is 5.97. The van der Waals surface area contributed by atoms with Crippen molar-refractivity contribution in [3.8, 4) is 5.75 Å². The molecule has 0 fully saturated rings. The second-order valence-corrected chi connectivity index (χ2v) is 8.16. The third-order valence-electron chi connectivity index (χ3n) is 3.81. The molecule has 2 heteroatoms. The van der Waals surface area contributed by atoms with Crippen LogP contribution in [0.5, 0.6) is 5.75 Å². The summed E-state index contributed by atoms with van der Waals surface area (Å²) in [6, 6.07) is 4.44. The molecule has 0 aromatic heterocycles. The van der Waals surface area contributed by atoms with Gasteiger partial charge in [0.1, 0.15) is 5.75 Å². The van der Waals surface area contributed by atoms with Gasteiger partial charge in [0.2, 0.25) is 0 Å². The average Bonchev–Trinajstić information content (AvgIpc) is 2.40. The fraction of sp³-hybridized carbons (Fsp3) is 0.700. The van der Waals surface area contributed by atoms with Gasteiger partial charge in [-0.1, -0.05) is 60.6 Å². The molecule has 0 atom stereocenters. The molecule has 0 aliphatic carbocycles. The Kier molecular flexibility index (Phi) is 6.46. The Morgan fingerprint density at radius 3 is 1.82 bits per heavy atom. The maximum Gasteiger partial charge on any atom is 0.126 e. The van der Waals surface area contributed by atoms with Crippen LogP contribution in [-0.2, 0) is 17.3 Å². The summed E-state index contributed by atoms with van der Waals surface area (Å²) in [4.78, 5) is 0. The minimum Gasteiger partial charge on any atom is -0.493 e. The van der Waals surface area contributed by atoms with Gasteiger partial charge < -0.3 is 4.74 Å². The van der Waals surface area contributed by atoms with Crippen LogP contribution in [0, 0.1) is 0 Å². The van der Waals surface area contributed by atoms with Gasteiger partial charge in [0.05, 0.1) is 13.3 Å². The standard InChI is InChI=1S/C20H33FO/c1-8-12-22-18-16(19(2,3)4)13-15(10-9-11-21)14-17(18)20(5,6)7/h13-14H,8-12H2,1-7H3. The number of hydrogen-bond donors (Lipinski definition) is 0. The largest absolute Gasteiger partial charge is 0.493 e. The molecule has 0 unspecified atom stereocenters. The Morgan fingerprint density at radius 2 is 1.45 bits per heavy atom. The van der Waals surface area contributed by atoms with Crippen LogP contribution in [0.25, 0.3) is 0 Å². The Bertz CT molecular complexity index is 442. The highest BCUT2D eigenvalue weighted by molar-refractivity contribution is 5.51. The van der Waals surface area contributed by atoms with E-state index in [0.29, 0.717) is 6.42 Å². The summed E-state index contributed by atoms with van der Waals surface area (Å²) < 4.78 is 18.7. The molecule has 126 valence electrons. The van der Waals surface area contributed by atoms with Crippen molar-refractivity contribution < 1.29 is 9.13 Å². The van der Waals surface area contributed by atoms with E-state index in [9.17, 15) is 4.39 Å². The lowest BCUT2D eigenvalue weighted by molar-refractivity contribution is 0.299. The fourth-order valence-electron chi connectivity index (χ4n) is 2.58. The van der Waals surface area contributed by atoms with Crippen LogP contribution >= 0.6 is 0 Å². The predicted molar refractivity (Wildman–Crippen MR) is 93.9 cm³/mol. The molecule has 0 heterocycles. The topological polar surface area (TPSA) is 9.23 Å². The molecular weight excluding hydrogens is 275 g/mol. The van der Waals surface area contributed by atoms with Crippen molar-refractivity contribution in [3.05, 3.63) is 28.8 Å². The zero-order chi connectivity index (χ0) is 17.0. The second kappa shape index (κ2) is 7.48. The van der Waals surface area contributed by atoms with Gasteiger partial charge in [-0.3, -0.25) is 4.39 Å². The zero-order valence-electron chi connectivity index (χ0n) is 15.5. The minimum atomic E-state index is -0.260. The molecule has 22 heavy (non-hydrogen) atoms. The van der Waals surface area contributed by atoms with Crippen LogP contribution in [0.3, 0.4) is 0 Å². The van der Waals surface area contributed by atoms with Crippen LogP contribution in [-0.4, -0.2) is 13.3 Å². The van der Waals surface area contributed by atoms with E-state index in [1.807, 2.05) is 0 Å². The summed E-state index contributed by atoms with van der Waals surface area (Å²) >= 11 is 0. The SMILES string of the molecule is CCCOc1c(C(C)(C)C)cc(CCCF)cc1C(C)(C)C. The molecule has 0 spiro atoms. The smallest absolute Gasteiger partial charge is 0.126 e. The molecule has 1 aromatic carbocycles. The van der Waals surface area contributed by atoms with Gasteiger partial charge in [0.15, 0.2) is 0 Å². The lowest BCUT2D eigenvalue weighted by Crippen LogP contribution is -2.20. The minimum absolute atomic E-state index is 0.00873. The van der Waals surface area contributed by atoms with Crippen LogP contribution in [0.15, 0.2) is 12.1 Å². The molecule has 0 saturated carbocycles. The first-order chi connectivity index (χ1) is 10.1. The van der Waals surface area contributed by atoms with Gasteiger partial charge in [0, 0.05) is 11.1 Å². The molecule has 0 N–H and O–H groups in total. The Balaban J connectivity index is 3.47. The maximum atomic E-state index is 12.6. The van der Waals surface area contributed by atoms with E-state index >= 15 is 0 Å². The highest BCUT2D eigenvalue weighted by atomic mass is 19.1. The molecule has 0 radical (unpaired) electrons. The number of hydrogen-bond acceptors (Lipinski definition) is 1. The number of alkyl halides is 1. The lowest BCUT2D eigenvalue weighted by atomic mass is 9.78. The van der Waals surface area contributed by atoms with Crippen molar-refractivity contribution in [2.24, 2.45) is 0 Å². The van der Waals surface area contributed by atoms with Gasteiger partial charge in [-0.15, -0.1) is 0 Å². The summed E-state index contributed by atoms with van der Waals surface area (Å²) in [7, 11) is 0.